The summed E-state index contributed by atoms with van der Waals surface area (Å²) in [6, 6.07) is 1.71. The highest BCUT2D eigenvalue weighted by molar-refractivity contribution is 5.46. The van der Waals surface area contributed by atoms with Crippen molar-refractivity contribution in [2.24, 2.45) is 5.84 Å². The molecule has 0 saturated heterocycles. The van der Waals surface area contributed by atoms with Crippen molar-refractivity contribution in [1.29, 1.82) is 0 Å². The fraction of sp³-hybridized carbons (Fsp3) is 0.636. The smallest absolute Gasteiger partial charge is 0.145 e. The van der Waals surface area contributed by atoms with Crippen LogP contribution in [0.15, 0.2) is 6.07 Å². The molecular weight excluding hydrogens is 218 g/mol. The molecule has 1 heterocycles. The van der Waals surface area contributed by atoms with Crippen molar-refractivity contribution in [3.8, 4) is 0 Å². The molecule has 0 unspecified atom stereocenters. The van der Waals surface area contributed by atoms with Crippen LogP contribution in [0.3, 0.4) is 0 Å². The summed E-state index contributed by atoms with van der Waals surface area (Å²) in [5.41, 5.74) is 1.78. The quantitative estimate of drug-likeness (QED) is 0.437. The SMILES string of the molecule is CCC(O)(CC)CNc1cc(NN)nc(C)n1. The lowest BCUT2D eigenvalue weighted by Gasteiger charge is -2.25. The van der Waals surface area contributed by atoms with Gasteiger partial charge in [0, 0.05) is 12.6 Å². The van der Waals surface area contributed by atoms with Crippen molar-refractivity contribution in [3.05, 3.63) is 11.9 Å². The van der Waals surface area contributed by atoms with Crippen LogP contribution >= 0.6 is 0 Å². The maximum atomic E-state index is 10.1. The van der Waals surface area contributed by atoms with Gasteiger partial charge in [-0.2, -0.15) is 0 Å². The lowest BCUT2D eigenvalue weighted by atomic mass is 9.98. The molecule has 6 nitrogen and oxygen atoms in total. The van der Waals surface area contributed by atoms with Crippen LogP contribution in [0, 0.1) is 6.92 Å². The first-order chi connectivity index (χ1) is 8.03. The van der Waals surface area contributed by atoms with Gasteiger partial charge in [-0.05, 0) is 19.8 Å². The Morgan fingerprint density at radius 1 is 1.29 bits per heavy atom. The molecule has 0 bridgehead atoms. The summed E-state index contributed by atoms with van der Waals surface area (Å²) in [4.78, 5) is 8.31. The lowest BCUT2D eigenvalue weighted by molar-refractivity contribution is 0.0456. The van der Waals surface area contributed by atoms with Gasteiger partial charge in [-0.15, -0.1) is 0 Å². The summed E-state index contributed by atoms with van der Waals surface area (Å²) < 4.78 is 0. The third-order valence-electron chi connectivity index (χ3n) is 2.90. The fourth-order valence-electron chi connectivity index (χ4n) is 1.49. The molecule has 5 N–H and O–H groups in total. The van der Waals surface area contributed by atoms with Gasteiger partial charge in [0.1, 0.15) is 17.5 Å². The van der Waals surface area contributed by atoms with Crippen molar-refractivity contribution >= 4 is 11.6 Å². The predicted octanol–water partition coefficient (Wildman–Crippen LogP) is 1.03. The van der Waals surface area contributed by atoms with Crippen molar-refractivity contribution in [2.45, 2.75) is 39.2 Å². The third kappa shape index (κ3) is 3.83. The summed E-state index contributed by atoms with van der Waals surface area (Å²) in [5, 5.41) is 13.2. The number of nitrogens with two attached hydrogens (primary N) is 1. The molecule has 0 spiro atoms. The maximum absolute atomic E-state index is 10.1. The highest BCUT2D eigenvalue weighted by Crippen LogP contribution is 2.16. The highest BCUT2D eigenvalue weighted by atomic mass is 16.3. The van der Waals surface area contributed by atoms with E-state index < -0.39 is 5.60 Å². The van der Waals surface area contributed by atoms with Crippen molar-refractivity contribution in [3.63, 3.8) is 0 Å². The van der Waals surface area contributed by atoms with Gasteiger partial charge in [0.2, 0.25) is 0 Å². The van der Waals surface area contributed by atoms with Crippen LogP contribution in [0.5, 0.6) is 0 Å². The normalized spacial score (nSPS) is 11.4. The van der Waals surface area contributed by atoms with E-state index in [9.17, 15) is 5.11 Å². The molecule has 0 fully saturated rings. The summed E-state index contributed by atoms with van der Waals surface area (Å²) in [6.07, 6.45) is 1.39. The predicted molar refractivity (Wildman–Crippen MR) is 68.6 cm³/mol. The first-order valence-corrected chi connectivity index (χ1v) is 5.81. The van der Waals surface area contributed by atoms with E-state index in [1.807, 2.05) is 13.8 Å². The molecule has 0 amide bonds. The number of nitrogens with zero attached hydrogens (tertiary/aromatic N) is 2. The molecule has 1 aromatic heterocycles. The third-order valence-corrected chi connectivity index (χ3v) is 2.90. The van der Waals surface area contributed by atoms with E-state index in [1.54, 1.807) is 13.0 Å². The molecule has 0 aromatic carbocycles. The van der Waals surface area contributed by atoms with Gasteiger partial charge in [-0.1, -0.05) is 13.8 Å². The van der Waals surface area contributed by atoms with Crippen LogP contribution in [0.25, 0.3) is 0 Å². The second kappa shape index (κ2) is 5.79. The van der Waals surface area contributed by atoms with Gasteiger partial charge < -0.3 is 15.8 Å². The lowest BCUT2D eigenvalue weighted by Crippen LogP contribution is -2.35. The van der Waals surface area contributed by atoms with Crippen LogP contribution in [0.1, 0.15) is 32.5 Å². The summed E-state index contributed by atoms with van der Waals surface area (Å²) in [6.45, 7) is 6.17. The van der Waals surface area contributed by atoms with Crippen LogP contribution in [0.2, 0.25) is 0 Å². The van der Waals surface area contributed by atoms with Crippen LogP contribution < -0.4 is 16.6 Å². The Morgan fingerprint density at radius 2 is 1.88 bits per heavy atom. The number of nitrogens with one attached hydrogen (secondary N) is 2. The van der Waals surface area contributed by atoms with Crippen LogP contribution in [-0.4, -0.2) is 27.2 Å². The molecule has 0 aliphatic heterocycles. The molecule has 17 heavy (non-hydrogen) atoms. The van der Waals surface area contributed by atoms with Gasteiger partial charge in [0.15, 0.2) is 0 Å². The highest BCUT2D eigenvalue weighted by Gasteiger charge is 2.21. The van der Waals surface area contributed by atoms with E-state index >= 15 is 0 Å². The topological polar surface area (TPSA) is 96.1 Å². The van der Waals surface area contributed by atoms with Crippen LogP contribution in [0.4, 0.5) is 11.6 Å². The number of hydrazine groups is 1. The number of aryl methyl sites for hydroxylation is 1. The Balaban J connectivity index is 2.72. The number of hydrogen-bond acceptors (Lipinski definition) is 6. The zero-order chi connectivity index (χ0) is 12.9. The number of hydrogen-bond donors (Lipinski definition) is 4. The molecular formula is C11H21N5O. The second-order valence-corrected chi connectivity index (χ2v) is 4.11. The monoisotopic (exact) mass is 239 g/mol. The van der Waals surface area contributed by atoms with Crippen LogP contribution in [-0.2, 0) is 0 Å². The van der Waals surface area contributed by atoms with E-state index in [4.69, 9.17) is 5.84 Å². The summed E-state index contributed by atoms with van der Waals surface area (Å²) >= 11 is 0. The molecule has 0 radical (unpaired) electrons. The van der Waals surface area contributed by atoms with Gasteiger partial charge in [-0.25, -0.2) is 15.8 Å². The van der Waals surface area contributed by atoms with E-state index in [1.165, 1.54) is 0 Å². The van der Waals surface area contributed by atoms with E-state index in [-0.39, 0.29) is 0 Å². The molecule has 1 rings (SSSR count). The Morgan fingerprint density at radius 3 is 2.41 bits per heavy atom. The average Bonchev–Trinajstić information content (AvgIpc) is 2.35. The summed E-state index contributed by atoms with van der Waals surface area (Å²) in [5.74, 6) is 7.14. The Bertz CT molecular complexity index is 365. The number of aromatic nitrogens is 2. The number of nitrogen functional groups attached to an aromatic ring is 1. The zero-order valence-electron chi connectivity index (χ0n) is 10.6. The van der Waals surface area contributed by atoms with E-state index in [2.05, 4.69) is 20.7 Å². The largest absolute Gasteiger partial charge is 0.388 e. The molecule has 0 aliphatic rings. The molecule has 96 valence electrons. The Kier molecular flexibility index (Phi) is 4.65. The number of rotatable bonds is 6. The minimum atomic E-state index is -0.699. The van der Waals surface area contributed by atoms with E-state index in [0.29, 0.717) is 36.8 Å². The van der Waals surface area contributed by atoms with Gasteiger partial charge in [0.25, 0.3) is 0 Å². The number of anilines is 2. The maximum Gasteiger partial charge on any atom is 0.145 e. The second-order valence-electron chi connectivity index (χ2n) is 4.11. The van der Waals surface area contributed by atoms with Gasteiger partial charge in [-0.3, -0.25) is 0 Å². The molecule has 0 atom stereocenters. The van der Waals surface area contributed by atoms with Crippen molar-refractivity contribution in [1.82, 2.24) is 9.97 Å². The number of aliphatic hydroxyl groups is 1. The first kappa shape index (κ1) is 13.7. The summed E-state index contributed by atoms with van der Waals surface area (Å²) in [7, 11) is 0. The fourth-order valence-corrected chi connectivity index (χ4v) is 1.49. The first-order valence-electron chi connectivity index (χ1n) is 5.81. The average molecular weight is 239 g/mol. The van der Waals surface area contributed by atoms with Gasteiger partial charge in [0.05, 0.1) is 5.60 Å². The molecule has 0 saturated carbocycles. The molecule has 6 heteroatoms. The van der Waals surface area contributed by atoms with Crippen molar-refractivity contribution < 1.29 is 5.11 Å². The standard InChI is InChI=1S/C11H21N5O/c1-4-11(17,5-2)7-13-9-6-10(16-12)15-8(3)14-9/h6,17H,4-5,7,12H2,1-3H3,(H2,13,14,15,16). The zero-order valence-corrected chi connectivity index (χ0v) is 10.6. The molecule has 1 aromatic rings. The van der Waals surface area contributed by atoms with E-state index in [0.717, 1.165) is 0 Å². The Hall–Kier alpha value is -1.40. The Labute approximate surface area is 102 Å². The minimum Gasteiger partial charge on any atom is -0.388 e. The van der Waals surface area contributed by atoms with Gasteiger partial charge >= 0.3 is 0 Å². The van der Waals surface area contributed by atoms with Crippen molar-refractivity contribution in [2.75, 3.05) is 17.3 Å². The minimum absolute atomic E-state index is 0.459. The molecule has 0 aliphatic carbocycles.